The van der Waals surface area contributed by atoms with Crippen LogP contribution in [-0.4, -0.2) is 25.7 Å². The topological polar surface area (TPSA) is 50.4 Å². The van der Waals surface area contributed by atoms with Crippen molar-refractivity contribution in [3.63, 3.8) is 0 Å². The van der Waals surface area contributed by atoms with E-state index in [-0.39, 0.29) is 5.88 Å². The van der Waals surface area contributed by atoms with Gasteiger partial charge in [0.05, 0.1) is 6.20 Å². The summed E-state index contributed by atoms with van der Waals surface area (Å²) in [5.74, 6) is 0.726. The molecule has 1 N–H and O–H groups in total. The monoisotopic (exact) mass is 257 g/mol. The quantitative estimate of drug-likeness (QED) is 0.717. The molecule has 0 aliphatic heterocycles. The molecule has 2 heterocycles. The second-order valence-corrected chi connectivity index (χ2v) is 4.70. The smallest absolute Gasteiger partial charge is 0.239 e. The summed E-state index contributed by atoms with van der Waals surface area (Å²) in [6.45, 7) is 0. The molecule has 5 heteroatoms. The highest BCUT2D eigenvalue weighted by Gasteiger charge is 2.11. The minimum Gasteiger partial charge on any atom is -0.492 e. The third-order valence-corrected chi connectivity index (χ3v) is 3.52. The minimum atomic E-state index is 0.00652. The van der Waals surface area contributed by atoms with Gasteiger partial charge in [0.1, 0.15) is 11.3 Å². The molecule has 4 nitrogen and oxygen atoms in total. The molecule has 90 valence electrons. The van der Waals surface area contributed by atoms with Crippen LogP contribution in [0.3, 0.4) is 0 Å². The molecule has 0 unspecified atom stereocenters. The fourth-order valence-corrected chi connectivity index (χ4v) is 2.27. The van der Waals surface area contributed by atoms with Gasteiger partial charge in [-0.25, -0.2) is 0 Å². The normalized spacial score (nSPS) is 10.9. The molecule has 0 amide bonds. The Kier molecular flexibility index (Phi) is 2.68. The number of hydrogen-bond donors (Lipinski definition) is 1. The van der Waals surface area contributed by atoms with Crippen LogP contribution >= 0.6 is 11.8 Å². The van der Waals surface area contributed by atoms with Crippen LogP contribution in [0, 0.1) is 0 Å². The summed E-state index contributed by atoms with van der Waals surface area (Å²) in [5, 5.41) is 9.78. The Labute approximate surface area is 108 Å². The zero-order valence-corrected chi connectivity index (χ0v) is 10.6. The molecule has 3 aromatic rings. The lowest BCUT2D eigenvalue weighted by atomic mass is 10.2. The van der Waals surface area contributed by atoms with E-state index in [1.54, 1.807) is 30.4 Å². The molecule has 0 spiro atoms. The van der Waals surface area contributed by atoms with Gasteiger partial charge in [-0.05, 0) is 18.4 Å². The average molecular weight is 257 g/mol. The Morgan fingerprint density at radius 1 is 1.22 bits per heavy atom. The Balaban J connectivity index is 2.18. The molecular formula is C13H11N3OS. The zero-order chi connectivity index (χ0) is 12.5. The number of nitrogens with zero attached hydrogens (tertiary/aromatic N) is 3. The molecule has 0 saturated heterocycles. The van der Waals surface area contributed by atoms with E-state index in [1.807, 2.05) is 34.9 Å². The molecule has 0 radical (unpaired) electrons. The fraction of sp³-hybridized carbons (Fsp3) is 0.0769. The van der Waals surface area contributed by atoms with E-state index in [2.05, 4.69) is 9.97 Å². The molecule has 18 heavy (non-hydrogen) atoms. The number of imidazole rings is 1. The molecule has 0 atom stereocenters. The van der Waals surface area contributed by atoms with Crippen LogP contribution in [0.15, 0.2) is 47.8 Å². The van der Waals surface area contributed by atoms with Crippen molar-refractivity contribution in [1.29, 1.82) is 0 Å². The standard InChI is InChI=1S/C13H11N3OS/c1-18-10-4-2-9(3-5-10)12-15-13(17)11-8-14-6-7-16(11)12/h2-8,17H,1H3. The van der Waals surface area contributed by atoms with E-state index < -0.39 is 0 Å². The van der Waals surface area contributed by atoms with Crippen molar-refractivity contribution < 1.29 is 5.11 Å². The first-order valence-corrected chi connectivity index (χ1v) is 6.67. The second kappa shape index (κ2) is 4.34. The van der Waals surface area contributed by atoms with E-state index in [0.29, 0.717) is 5.52 Å². The Hall–Kier alpha value is -2.01. The summed E-state index contributed by atoms with van der Waals surface area (Å²) in [6, 6.07) is 8.08. The first kappa shape index (κ1) is 11.1. The Morgan fingerprint density at radius 2 is 2.00 bits per heavy atom. The minimum absolute atomic E-state index is 0.00652. The summed E-state index contributed by atoms with van der Waals surface area (Å²) in [4.78, 5) is 9.37. The highest BCUT2D eigenvalue weighted by Crippen LogP contribution is 2.27. The SMILES string of the molecule is CSc1ccc(-c2nc(O)c3cnccn23)cc1. The number of thioether (sulfide) groups is 1. The highest BCUT2D eigenvalue weighted by molar-refractivity contribution is 7.98. The largest absolute Gasteiger partial charge is 0.492 e. The van der Waals surface area contributed by atoms with Crippen molar-refractivity contribution in [2.45, 2.75) is 4.90 Å². The fourth-order valence-electron chi connectivity index (χ4n) is 1.87. The van der Waals surface area contributed by atoms with Gasteiger partial charge < -0.3 is 5.11 Å². The maximum absolute atomic E-state index is 9.78. The predicted molar refractivity (Wildman–Crippen MR) is 71.9 cm³/mol. The predicted octanol–water partition coefficient (Wildman–Crippen LogP) is 2.82. The lowest BCUT2D eigenvalue weighted by Gasteiger charge is -2.01. The van der Waals surface area contributed by atoms with Crippen molar-refractivity contribution in [3.05, 3.63) is 42.9 Å². The summed E-state index contributed by atoms with van der Waals surface area (Å²) in [5.41, 5.74) is 1.58. The maximum atomic E-state index is 9.78. The number of fused-ring (bicyclic) bond motifs is 1. The molecule has 0 saturated carbocycles. The van der Waals surface area contributed by atoms with Crippen LogP contribution in [0.2, 0.25) is 0 Å². The van der Waals surface area contributed by atoms with Crippen molar-refractivity contribution in [2.75, 3.05) is 6.26 Å². The van der Waals surface area contributed by atoms with Crippen LogP contribution < -0.4 is 0 Å². The molecule has 0 aliphatic rings. The van der Waals surface area contributed by atoms with Crippen LogP contribution in [0.25, 0.3) is 16.9 Å². The lowest BCUT2D eigenvalue weighted by Crippen LogP contribution is -1.89. The first-order chi connectivity index (χ1) is 8.79. The number of rotatable bonds is 2. The third-order valence-electron chi connectivity index (χ3n) is 2.78. The van der Waals surface area contributed by atoms with Gasteiger partial charge >= 0.3 is 0 Å². The summed E-state index contributed by atoms with van der Waals surface area (Å²) < 4.78 is 1.83. The molecule has 0 bridgehead atoms. The van der Waals surface area contributed by atoms with Gasteiger partial charge in [0.25, 0.3) is 0 Å². The van der Waals surface area contributed by atoms with Gasteiger partial charge in [0.2, 0.25) is 5.88 Å². The maximum Gasteiger partial charge on any atom is 0.239 e. The van der Waals surface area contributed by atoms with E-state index in [0.717, 1.165) is 11.4 Å². The zero-order valence-electron chi connectivity index (χ0n) is 9.74. The third kappa shape index (κ3) is 1.73. The van der Waals surface area contributed by atoms with Gasteiger partial charge in [-0.1, -0.05) is 12.1 Å². The molecule has 3 rings (SSSR count). The number of hydrogen-bond acceptors (Lipinski definition) is 4. The van der Waals surface area contributed by atoms with Crippen molar-refractivity contribution in [3.8, 4) is 17.3 Å². The second-order valence-electron chi connectivity index (χ2n) is 3.82. The number of aromatic nitrogens is 3. The van der Waals surface area contributed by atoms with Crippen LogP contribution in [0.5, 0.6) is 5.88 Å². The van der Waals surface area contributed by atoms with Gasteiger partial charge in [-0.15, -0.1) is 11.8 Å². The van der Waals surface area contributed by atoms with Crippen molar-refractivity contribution in [1.82, 2.24) is 14.4 Å². The van der Waals surface area contributed by atoms with Crippen LogP contribution in [0.1, 0.15) is 0 Å². The highest BCUT2D eigenvalue weighted by atomic mass is 32.2. The lowest BCUT2D eigenvalue weighted by molar-refractivity contribution is 0.462. The molecule has 2 aromatic heterocycles. The molecule has 0 aliphatic carbocycles. The van der Waals surface area contributed by atoms with Crippen molar-refractivity contribution in [2.24, 2.45) is 0 Å². The number of benzene rings is 1. The van der Waals surface area contributed by atoms with Crippen molar-refractivity contribution >= 4 is 17.3 Å². The first-order valence-electron chi connectivity index (χ1n) is 5.45. The van der Waals surface area contributed by atoms with E-state index in [1.165, 1.54) is 4.90 Å². The Morgan fingerprint density at radius 3 is 2.72 bits per heavy atom. The summed E-state index contributed by atoms with van der Waals surface area (Å²) in [7, 11) is 0. The Bertz CT molecular complexity index is 691. The van der Waals surface area contributed by atoms with E-state index >= 15 is 0 Å². The van der Waals surface area contributed by atoms with Crippen LogP contribution in [-0.2, 0) is 0 Å². The molecule has 1 aromatic carbocycles. The average Bonchev–Trinajstić information content (AvgIpc) is 2.77. The summed E-state index contributed by atoms with van der Waals surface area (Å²) in [6.07, 6.45) is 7.10. The number of aromatic hydroxyl groups is 1. The van der Waals surface area contributed by atoms with E-state index in [4.69, 9.17) is 0 Å². The van der Waals surface area contributed by atoms with Crippen LogP contribution in [0.4, 0.5) is 0 Å². The van der Waals surface area contributed by atoms with Gasteiger partial charge in [0.15, 0.2) is 0 Å². The summed E-state index contributed by atoms with van der Waals surface area (Å²) >= 11 is 1.69. The molecular weight excluding hydrogens is 246 g/mol. The van der Waals surface area contributed by atoms with Gasteiger partial charge in [0, 0.05) is 22.9 Å². The molecule has 0 fully saturated rings. The van der Waals surface area contributed by atoms with Gasteiger partial charge in [-0.2, -0.15) is 4.98 Å². The van der Waals surface area contributed by atoms with E-state index in [9.17, 15) is 5.11 Å². The van der Waals surface area contributed by atoms with Gasteiger partial charge in [-0.3, -0.25) is 9.38 Å².